The molecule has 4 heteroatoms. The molecule has 1 aromatic heterocycles. The summed E-state index contributed by atoms with van der Waals surface area (Å²) in [5.41, 5.74) is 2.61. The van der Waals surface area contributed by atoms with Gasteiger partial charge in [0.1, 0.15) is 0 Å². The zero-order chi connectivity index (χ0) is 13.1. The first kappa shape index (κ1) is 13.6. The zero-order valence-corrected chi connectivity index (χ0v) is 11.9. The summed E-state index contributed by atoms with van der Waals surface area (Å²) in [5.74, 6) is 1.23. The SMILES string of the molecule is CCNC(c1c(C)cnn1C)C1CCOCC1C. The van der Waals surface area contributed by atoms with Gasteiger partial charge < -0.3 is 10.1 Å². The predicted octanol–water partition coefficient (Wildman–Crippen LogP) is 2.05. The van der Waals surface area contributed by atoms with Gasteiger partial charge in [-0.1, -0.05) is 13.8 Å². The smallest absolute Gasteiger partial charge is 0.0582 e. The lowest BCUT2D eigenvalue weighted by atomic mass is 9.81. The van der Waals surface area contributed by atoms with Gasteiger partial charge in [0, 0.05) is 20.3 Å². The van der Waals surface area contributed by atoms with Crippen LogP contribution >= 0.6 is 0 Å². The van der Waals surface area contributed by atoms with Gasteiger partial charge in [-0.15, -0.1) is 0 Å². The van der Waals surface area contributed by atoms with E-state index in [1.165, 1.54) is 11.3 Å². The number of nitrogens with one attached hydrogen (secondary N) is 1. The molecule has 0 radical (unpaired) electrons. The highest BCUT2D eigenvalue weighted by Gasteiger charge is 2.32. The second-order valence-corrected chi connectivity index (χ2v) is 5.38. The molecule has 0 bridgehead atoms. The van der Waals surface area contributed by atoms with Crippen LogP contribution in [0.4, 0.5) is 0 Å². The maximum atomic E-state index is 5.57. The number of ether oxygens (including phenoxy) is 1. The summed E-state index contributed by atoms with van der Waals surface area (Å²) in [4.78, 5) is 0. The normalized spacial score (nSPS) is 26.2. The maximum absolute atomic E-state index is 5.57. The Morgan fingerprint density at radius 3 is 2.94 bits per heavy atom. The summed E-state index contributed by atoms with van der Waals surface area (Å²) >= 11 is 0. The molecule has 1 aromatic rings. The molecule has 1 N–H and O–H groups in total. The van der Waals surface area contributed by atoms with E-state index in [9.17, 15) is 0 Å². The average molecular weight is 251 g/mol. The molecular formula is C14H25N3O. The monoisotopic (exact) mass is 251 g/mol. The van der Waals surface area contributed by atoms with Crippen LogP contribution in [0.25, 0.3) is 0 Å². The fourth-order valence-corrected chi connectivity index (χ4v) is 3.07. The van der Waals surface area contributed by atoms with Crippen LogP contribution in [0.15, 0.2) is 6.20 Å². The molecule has 102 valence electrons. The van der Waals surface area contributed by atoms with Crippen LogP contribution < -0.4 is 5.32 Å². The van der Waals surface area contributed by atoms with E-state index in [0.717, 1.165) is 26.2 Å². The second kappa shape index (κ2) is 5.85. The van der Waals surface area contributed by atoms with Gasteiger partial charge in [-0.25, -0.2) is 0 Å². The first-order valence-electron chi connectivity index (χ1n) is 6.94. The summed E-state index contributed by atoms with van der Waals surface area (Å²) in [7, 11) is 2.04. The van der Waals surface area contributed by atoms with Crippen LogP contribution in [0.2, 0.25) is 0 Å². The molecule has 1 fully saturated rings. The molecule has 3 unspecified atom stereocenters. The van der Waals surface area contributed by atoms with Gasteiger partial charge in [0.25, 0.3) is 0 Å². The topological polar surface area (TPSA) is 39.1 Å². The van der Waals surface area contributed by atoms with E-state index in [4.69, 9.17) is 4.74 Å². The largest absolute Gasteiger partial charge is 0.381 e. The van der Waals surface area contributed by atoms with Crippen LogP contribution in [-0.4, -0.2) is 29.5 Å². The van der Waals surface area contributed by atoms with Gasteiger partial charge in [0.15, 0.2) is 0 Å². The van der Waals surface area contributed by atoms with Gasteiger partial charge in [-0.2, -0.15) is 5.10 Å². The summed E-state index contributed by atoms with van der Waals surface area (Å²) in [6.07, 6.45) is 3.09. The molecule has 0 aromatic carbocycles. The lowest BCUT2D eigenvalue weighted by Crippen LogP contribution is -2.38. The first-order chi connectivity index (χ1) is 8.65. The quantitative estimate of drug-likeness (QED) is 0.890. The molecule has 1 aliphatic heterocycles. The lowest BCUT2D eigenvalue weighted by molar-refractivity contribution is 0.00967. The second-order valence-electron chi connectivity index (χ2n) is 5.38. The van der Waals surface area contributed by atoms with Crippen LogP contribution in [0.5, 0.6) is 0 Å². The minimum atomic E-state index is 0.390. The first-order valence-corrected chi connectivity index (χ1v) is 6.94. The lowest BCUT2D eigenvalue weighted by Gasteiger charge is -2.36. The van der Waals surface area contributed by atoms with E-state index in [0.29, 0.717) is 17.9 Å². The Bertz CT molecular complexity index is 369. The minimum Gasteiger partial charge on any atom is -0.381 e. The molecule has 0 spiro atoms. The molecule has 0 saturated carbocycles. The molecule has 4 nitrogen and oxygen atoms in total. The van der Waals surface area contributed by atoms with Gasteiger partial charge in [0.05, 0.1) is 17.9 Å². The highest BCUT2D eigenvalue weighted by atomic mass is 16.5. The number of hydrogen-bond donors (Lipinski definition) is 1. The van der Waals surface area contributed by atoms with Crippen molar-refractivity contribution in [1.29, 1.82) is 0 Å². The van der Waals surface area contributed by atoms with Gasteiger partial charge >= 0.3 is 0 Å². The fraction of sp³-hybridized carbons (Fsp3) is 0.786. The third-order valence-corrected chi connectivity index (χ3v) is 4.03. The highest BCUT2D eigenvalue weighted by Crippen LogP contribution is 2.34. The van der Waals surface area contributed by atoms with Crippen molar-refractivity contribution in [2.75, 3.05) is 19.8 Å². The van der Waals surface area contributed by atoms with E-state index in [2.05, 4.69) is 31.2 Å². The van der Waals surface area contributed by atoms with Crippen molar-refractivity contribution in [2.24, 2.45) is 18.9 Å². The Balaban J connectivity index is 2.27. The van der Waals surface area contributed by atoms with Gasteiger partial charge in [-0.3, -0.25) is 4.68 Å². The van der Waals surface area contributed by atoms with Crippen molar-refractivity contribution < 1.29 is 4.74 Å². The number of hydrogen-bond acceptors (Lipinski definition) is 3. The zero-order valence-electron chi connectivity index (χ0n) is 11.9. The van der Waals surface area contributed by atoms with E-state index in [1.807, 2.05) is 17.9 Å². The summed E-state index contributed by atoms with van der Waals surface area (Å²) in [6, 6.07) is 0.390. The summed E-state index contributed by atoms with van der Waals surface area (Å²) in [5, 5.41) is 8.04. The molecule has 1 saturated heterocycles. The number of rotatable bonds is 4. The third-order valence-electron chi connectivity index (χ3n) is 4.03. The Morgan fingerprint density at radius 1 is 1.61 bits per heavy atom. The van der Waals surface area contributed by atoms with Crippen molar-refractivity contribution in [1.82, 2.24) is 15.1 Å². The van der Waals surface area contributed by atoms with Crippen molar-refractivity contribution in [3.63, 3.8) is 0 Å². The van der Waals surface area contributed by atoms with Crippen molar-refractivity contribution in [3.05, 3.63) is 17.5 Å². The summed E-state index contributed by atoms with van der Waals surface area (Å²) < 4.78 is 7.59. The van der Waals surface area contributed by atoms with E-state index < -0.39 is 0 Å². The Kier molecular flexibility index (Phi) is 4.40. The van der Waals surface area contributed by atoms with Crippen LogP contribution in [0, 0.1) is 18.8 Å². The van der Waals surface area contributed by atoms with Crippen molar-refractivity contribution >= 4 is 0 Å². The van der Waals surface area contributed by atoms with E-state index in [-0.39, 0.29) is 0 Å². The molecule has 1 aliphatic rings. The van der Waals surface area contributed by atoms with Crippen molar-refractivity contribution in [2.45, 2.75) is 33.2 Å². The fourth-order valence-electron chi connectivity index (χ4n) is 3.07. The van der Waals surface area contributed by atoms with Crippen LogP contribution in [0.3, 0.4) is 0 Å². The minimum absolute atomic E-state index is 0.390. The molecule has 18 heavy (non-hydrogen) atoms. The van der Waals surface area contributed by atoms with Gasteiger partial charge in [-0.05, 0) is 37.3 Å². The number of nitrogens with zero attached hydrogens (tertiary/aromatic N) is 2. The highest BCUT2D eigenvalue weighted by molar-refractivity contribution is 5.20. The third kappa shape index (κ3) is 2.59. The molecule has 0 aliphatic carbocycles. The Hall–Kier alpha value is -0.870. The molecular weight excluding hydrogens is 226 g/mol. The number of aryl methyl sites for hydroxylation is 2. The van der Waals surface area contributed by atoms with Crippen LogP contribution in [0.1, 0.15) is 37.6 Å². The van der Waals surface area contributed by atoms with E-state index >= 15 is 0 Å². The van der Waals surface area contributed by atoms with E-state index in [1.54, 1.807) is 0 Å². The Labute approximate surface area is 110 Å². The predicted molar refractivity (Wildman–Crippen MR) is 72.5 cm³/mol. The van der Waals surface area contributed by atoms with Crippen LogP contribution in [-0.2, 0) is 11.8 Å². The van der Waals surface area contributed by atoms with Crippen molar-refractivity contribution in [3.8, 4) is 0 Å². The van der Waals surface area contributed by atoms with Gasteiger partial charge in [0.2, 0.25) is 0 Å². The molecule has 0 amide bonds. The maximum Gasteiger partial charge on any atom is 0.0582 e. The number of aromatic nitrogens is 2. The standard InChI is InChI=1S/C14H25N3O/c1-5-15-13(12-6-7-18-9-11(12)3)14-10(2)8-16-17(14)4/h8,11-13,15H,5-7,9H2,1-4H3. The average Bonchev–Trinajstić information content (AvgIpc) is 2.68. The molecule has 2 rings (SSSR count). The molecule has 2 heterocycles. The summed E-state index contributed by atoms with van der Waals surface area (Å²) in [6.45, 7) is 9.36. The Morgan fingerprint density at radius 2 is 2.39 bits per heavy atom. The molecule has 3 atom stereocenters.